The monoisotopic (exact) mass is 314 g/mol. The van der Waals surface area contributed by atoms with E-state index in [1.54, 1.807) is 6.92 Å². The van der Waals surface area contributed by atoms with E-state index in [-0.39, 0.29) is 23.5 Å². The zero-order valence-electron chi connectivity index (χ0n) is 14.0. The van der Waals surface area contributed by atoms with E-state index >= 15 is 0 Å². The van der Waals surface area contributed by atoms with Gasteiger partial charge in [-0.05, 0) is 37.0 Å². The van der Waals surface area contributed by atoms with E-state index < -0.39 is 22.8 Å². The van der Waals surface area contributed by atoms with Gasteiger partial charge in [0.15, 0.2) is 0 Å². The topological polar surface area (TPSA) is 98.5 Å². The summed E-state index contributed by atoms with van der Waals surface area (Å²) in [5.74, 6) is -2.00. The molecule has 0 bridgehead atoms. The number of hydrogen-bond donors (Lipinski definition) is 1. The lowest BCUT2D eigenvalue weighted by molar-refractivity contribution is -0.496. The molecule has 0 aromatic rings. The van der Waals surface area contributed by atoms with Crippen LogP contribution in [0.1, 0.15) is 53.9 Å². The largest absolute Gasteiger partial charge is 0.460 e. The van der Waals surface area contributed by atoms with E-state index in [1.165, 1.54) is 0 Å². The normalized spacial score (nSPS) is 21.7. The Balaban J connectivity index is 2.81. The summed E-state index contributed by atoms with van der Waals surface area (Å²) in [5, 5.41) is 13.7. The van der Waals surface area contributed by atoms with Crippen LogP contribution in [0.15, 0.2) is 0 Å². The molecule has 0 aromatic heterocycles. The molecule has 1 amide bonds. The second-order valence-corrected chi connectivity index (χ2v) is 7.56. The number of rotatable bonds is 5. The molecular weight excluding hydrogens is 288 g/mol. The van der Waals surface area contributed by atoms with E-state index in [4.69, 9.17) is 0 Å². The van der Waals surface area contributed by atoms with Gasteiger partial charge in [0.2, 0.25) is 0 Å². The first-order chi connectivity index (χ1) is 9.97. The van der Waals surface area contributed by atoms with Crippen molar-refractivity contribution in [1.82, 2.24) is 5.32 Å². The van der Waals surface area contributed by atoms with Gasteiger partial charge in [-0.25, -0.2) is 4.79 Å². The van der Waals surface area contributed by atoms with Crippen molar-refractivity contribution >= 4 is 11.9 Å². The molecule has 0 aromatic carbocycles. The maximum atomic E-state index is 12.1. The van der Waals surface area contributed by atoms with Gasteiger partial charge in [0, 0.05) is 11.0 Å². The highest BCUT2D eigenvalue weighted by Gasteiger charge is 2.44. The molecule has 1 aliphatic rings. The number of amides is 1. The molecule has 1 rings (SSSR count). The Morgan fingerprint density at radius 1 is 1.27 bits per heavy atom. The van der Waals surface area contributed by atoms with E-state index in [2.05, 4.69) is 37.7 Å². The summed E-state index contributed by atoms with van der Waals surface area (Å²) in [6.45, 7) is 10.00. The fourth-order valence-electron chi connectivity index (χ4n) is 3.74. The summed E-state index contributed by atoms with van der Waals surface area (Å²) in [4.78, 5) is 33.8. The number of carbonyl (C=O) groups is 2. The molecule has 0 radical (unpaired) electrons. The van der Waals surface area contributed by atoms with Gasteiger partial charge in [0.1, 0.15) is 0 Å². The van der Waals surface area contributed by atoms with Crippen molar-refractivity contribution in [3.63, 3.8) is 0 Å². The van der Waals surface area contributed by atoms with Gasteiger partial charge in [-0.15, -0.1) is 0 Å². The second kappa shape index (κ2) is 6.62. The van der Waals surface area contributed by atoms with Crippen LogP contribution in [0, 0.1) is 20.9 Å². The molecule has 0 heterocycles. The number of nitro groups is 1. The number of carbonyl (C=O) groups excluding carboxylic acids is 2. The summed E-state index contributed by atoms with van der Waals surface area (Å²) in [6, 6.07) is -2.17. The lowest BCUT2D eigenvalue weighted by Gasteiger charge is -2.45. The van der Waals surface area contributed by atoms with Crippen molar-refractivity contribution in [3.8, 4) is 0 Å². The molecule has 7 heteroatoms. The van der Waals surface area contributed by atoms with Crippen molar-refractivity contribution in [1.29, 1.82) is 0 Å². The zero-order valence-corrected chi connectivity index (χ0v) is 14.0. The van der Waals surface area contributed by atoms with Gasteiger partial charge in [0.25, 0.3) is 0 Å². The molecular formula is C15H26N2O5. The van der Waals surface area contributed by atoms with Gasteiger partial charge >= 0.3 is 17.9 Å². The molecule has 1 saturated carbocycles. The maximum absolute atomic E-state index is 12.1. The number of hydrogen-bond acceptors (Lipinski definition) is 5. The Hall–Kier alpha value is -1.66. The first-order valence-electron chi connectivity index (χ1n) is 7.58. The lowest BCUT2D eigenvalue weighted by Crippen LogP contribution is -2.52. The van der Waals surface area contributed by atoms with E-state index in [9.17, 15) is 19.7 Å². The molecule has 1 fully saturated rings. The standard InChI is InChI=1S/C15H26N2O5/c1-6-22-13(19)11(17(20)21)12(18)16-10-7-14(2,3)9-15(4,5)8-10/h10-11H,6-9H2,1-5H3,(H,16,18). The van der Waals surface area contributed by atoms with Gasteiger partial charge in [0.05, 0.1) is 6.61 Å². The van der Waals surface area contributed by atoms with Crippen LogP contribution in [-0.2, 0) is 14.3 Å². The minimum Gasteiger partial charge on any atom is -0.460 e. The highest BCUT2D eigenvalue weighted by molar-refractivity contribution is 6.00. The third kappa shape index (κ3) is 4.96. The molecule has 7 nitrogen and oxygen atoms in total. The van der Waals surface area contributed by atoms with Gasteiger partial charge < -0.3 is 10.1 Å². The summed E-state index contributed by atoms with van der Waals surface area (Å²) in [6.07, 6.45) is 2.48. The average Bonchev–Trinajstić information content (AvgIpc) is 2.23. The lowest BCUT2D eigenvalue weighted by atomic mass is 9.63. The maximum Gasteiger partial charge on any atom is 0.392 e. The second-order valence-electron chi connectivity index (χ2n) is 7.56. The van der Waals surface area contributed by atoms with Crippen molar-refractivity contribution in [2.24, 2.45) is 10.8 Å². The molecule has 0 saturated heterocycles. The van der Waals surface area contributed by atoms with E-state index in [0.29, 0.717) is 0 Å². The van der Waals surface area contributed by atoms with Gasteiger partial charge in [-0.3, -0.25) is 14.9 Å². The van der Waals surface area contributed by atoms with Crippen molar-refractivity contribution in [3.05, 3.63) is 10.1 Å². The van der Waals surface area contributed by atoms with Gasteiger partial charge in [-0.2, -0.15) is 0 Å². The predicted molar refractivity (Wildman–Crippen MR) is 80.8 cm³/mol. The van der Waals surface area contributed by atoms with Crippen LogP contribution in [0.2, 0.25) is 0 Å². The summed E-state index contributed by atoms with van der Waals surface area (Å²) >= 11 is 0. The number of esters is 1. The van der Waals surface area contributed by atoms with Crippen LogP contribution in [0.5, 0.6) is 0 Å². The van der Waals surface area contributed by atoms with Crippen LogP contribution in [0.3, 0.4) is 0 Å². The number of ether oxygens (including phenoxy) is 1. The third-order valence-corrected chi connectivity index (χ3v) is 3.87. The van der Waals surface area contributed by atoms with Crippen molar-refractivity contribution < 1.29 is 19.2 Å². The Morgan fingerprint density at radius 2 is 1.77 bits per heavy atom. The Bertz CT molecular complexity index is 443. The highest BCUT2D eigenvalue weighted by atomic mass is 16.6. The molecule has 1 unspecified atom stereocenters. The van der Waals surface area contributed by atoms with Crippen LogP contribution in [0.4, 0.5) is 0 Å². The molecule has 126 valence electrons. The minimum absolute atomic E-state index is 0.0000554. The fourth-order valence-corrected chi connectivity index (χ4v) is 3.74. The van der Waals surface area contributed by atoms with E-state index in [0.717, 1.165) is 19.3 Å². The highest BCUT2D eigenvalue weighted by Crippen LogP contribution is 2.45. The summed E-state index contributed by atoms with van der Waals surface area (Å²) in [5.41, 5.74) is 0.0709. The number of nitrogens with one attached hydrogen (secondary N) is 1. The SMILES string of the molecule is CCOC(=O)C(C(=O)NC1CC(C)(C)CC(C)(C)C1)[N+](=O)[O-]. The molecule has 22 heavy (non-hydrogen) atoms. The smallest absolute Gasteiger partial charge is 0.392 e. The molecule has 1 atom stereocenters. The molecule has 1 N–H and O–H groups in total. The predicted octanol–water partition coefficient (Wildman–Crippen LogP) is 1.92. The van der Waals surface area contributed by atoms with Crippen molar-refractivity contribution in [2.45, 2.75) is 66.0 Å². The molecule has 0 spiro atoms. The molecule has 0 aliphatic heterocycles. The minimum atomic E-state index is -1.99. The first-order valence-corrected chi connectivity index (χ1v) is 7.58. The third-order valence-electron chi connectivity index (χ3n) is 3.87. The Morgan fingerprint density at radius 3 is 2.18 bits per heavy atom. The first kappa shape index (κ1) is 18.4. The average molecular weight is 314 g/mol. The Kier molecular flexibility index (Phi) is 5.54. The van der Waals surface area contributed by atoms with Crippen LogP contribution in [-0.4, -0.2) is 35.5 Å². The van der Waals surface area contributed by atoms with Gasteiger partial charge in [-0.1, -0.05) is 27.7 Å². The quantitative estimate of drug-likeness (QED) is 0.362. The molecule has 1 aliphatic carbocycles. The summed E-state index contributed by atoms with van der Waals surface area (Å²) in [7, 11) is 0. The Labute approximate surface area is 130 Å². The zero-order chi connectivity index (χ0) is 17.1. The number of nitrogens with zero attached hydrogens (tertiary/aromatic N) is 1. The fraction of sp³-hybridized carbons (Fsp3) is 0.867. The van der Waals surface area contributed by atoms with E-state index in [1.807, 2.05) is 0 Å². The van der Waals surface area contributed by atoms with Crippen LogP contribution in [0.25, 0.3) is 0 Å². The van der Waals surface area contributed by atoms with Crippen LogP contribution < -0.4 is 5.32 Å². The van der Waals surface area contributed by atoms with Crippen LogP contribution >= 0.6 is 0 Å². The van der Waals surface area contributed by atoms with Crippen molar-refractivity contribution in [2.75, 3.05) is 6.61 Å². The summed E-state index contributed by atoms with van der Waals surface area (Å²) < 4.78 is 4.62.